The van der Waals surface area contributed by atoms with Crippen LogP contribution in [0.25, 0.3) is 10.4 Å². The van der Waals surface area contributed by atoms with Gasteiger partial charge in [-0.15, -0.1) is 0 Å². The summed E-state index contributed by atoms with van der Waals surface area (Å²) in [6.45, 7) is -0.179. The molecule has 2 rings (SSSR count). The van der Waals surface area contributed by atoms with Crippen molar-refractivity contribution in [3.8, 4) is 0 Å². The topological polar surface area (TPSA) is 128 Å². The van der Waals surface area contributed by atoms with Gasteiger partial charge >= 0.3 is 0 Å². The second-order valence-corrected chi connectivity index (χ2v) is 5.24. The van der Waals surface area contributed by atoms with Crippen molar-refractivity contribution < 1.29 is 24.8 Å². The van der Waals surface area contributed by atoms with Gasteiger partial charge < -0.3 is 24.8 Å². The number of hydrogen-bond donors (Lipinski definition) is 3. The van der Waals surface area contributed by atoms with Crippen LogP contribution < -0.4 is 0 Å². The molecule has 5 atom stereocenters. The number of aliphatic hydroxyl groups is 3. The molecule has 8 nitrogen and oxygen atoms in total. The van der Waals surface area contributed by atoms with Crippen LogP contribution in [0.15, 0.2) is 35.4 Å². The van der Waals surface area contributed by atoms with Crippen molar-refractivity contribution in [2.75, 3.05) is 13.7 Å². The number of ether oxygens (including phenoxy) is 2. The lowest BCUT2D eigenvalue weighted by Gasteiger charge is -2.47. The molecule has 8 heteroatoms. The van der Waals surface area contributed by atoms with Crippen molar-refractivity contribution in [2.24, 2.45) is 5.11 Å². The van der Waals surface area contributed by atoms with Gasteiger partial charge in [0.15, 0.2) is 6.29 Å². The minimum Gasteiger partial charge on any atom is -0.387 e. The fourth-order valence-corrected chi connectivity index (χ4v) is 2.63. The molecule has 0 spiro atoms. The lowest BCUT2D eigenvalue weighted by molar-refractivity contribution is -0.321. The first-order valence-corrected chi connectivity index (χ1v) is 6.84. The van der Waals surface area contributed by atoms with Crippen molar-refractivity contribution in [1.82, 2.24) is 0 Å². The molecule has 0 saturated carbocycles. The Kier molecular flexibility index (Phi) is 5.36. The van der Waals surface area contributed by atoms with Gasteiger partial charge in [-0.25, -0.2) is 0 Å². The van der Waals surface area contributed by atoms with Crippen LogP contribution in [0.3, 0.4) is 0 Å². The van der Waals surface area contributed by atoms with Gasteiger partial charge in [0.25, 0.3) is 0 Å². The van der Waals surface area contributed by atoms with Gasteiger partial charge in [0.05, 0.1) is 12.6 Å². The lowest BCUT2D eigenvalue weighted by Crippen LogP contribution is -2.68. The van der Waals surface area contributed by atoms with Crippen LogP contribution in [0.4, 0.5) is 0 Å². The van der Waals surface area contributed by atoms with E-state index in [4.69, 9.17) is 15.0 Å². The number of hydrogen-bond acceptors (Lipinski definition) is 6. The fraction of sp³-hybridized carbons (Fsp3) is 0.571. The summed E-state index contributed by atoms with van der Waals surface area (Å²) in [5, 5.41) is 34.9. The largest absolute Gasteiger partial charge is 0.387 e. The summed E-state index contributed by atoms with van der Waals surface area (Å²) in [6, 6.07) is 8.96. The van der Waals surface area contributed by atoms with Crippen LogP contribution in [-0.2, 0) is 15.9 Å². The van der Waals surface area contributed by atoms with Crippen LogP contribution in [-0.4, -0.2) is 59.2 Å². The third-order valence-corrected chi connectivity index (χ3v) is 3.83. The molecular weight excluding hydrogens is 290 g/mol. The van der Waals surface area contributed by atoms with Crippen LogP contribution >= 0.6 is 0 Å². The molecule has 1 heterocycles. The van der Waals surface area contributed by atoms with E-state index < -0.39 is 30.2 Å². The maximum atomic E-state index is 10.8. The van der Waals surface area contributed by atoms with Crippen LogP contribution in [0, 0.1) is 0 Å². The molecule has 0 radical (unpaired) electrons. The monoisotopic (exact) mass is 309 g/mol. The van der Waals surface area contributed by atoms with E-state index in [2.05, 4.69) is 10.0 Å². The van der Waals surface area contributed by atoms with Crippen molar-refractivity contribution in [3.63, 3.8) is 0 Å². The van der Waals surface area contributed by atoms with Crippen LogP contribution in [0.2, 0.25) is 0 Å². The molecule has 0 aromatic heterocycles. The SMILES string of the molecule is CO[C@H]1O[C@H](CN=[N+]=[N-])[C@@H](O)[C@@](O)(Cc2ccccc2)[C@@H]1O. The number of azide groups is 1. The van der Waals surface area contributed by atoms with Crippen molar-refractivity contribution >= 4 is 0 Å². The quantitative estimate of drug-likeness (QED) is 0.411. The average molecular weight is 309 g/mol. The molecular formula is C14H19N3O5. The van der Waals surface area contributed by atoms with E-state index in [1.165, 1.54) is 7.11 Å². The Labute approximate surface area is 127 Å². The van der Waals surface area contributed by atoms with E-state index in [0.29, 0.717) is 0 Å². The molecule has 0 aliphatic carbocycles. The Hall–Kier alpha value is -1.67. The summed E-state index contributed by atoms with van der Waals surface area (Å²) < 4.78 is 10.4. The van der Waals surface area contributed by atoms with Gasteiger partial charge in [0.1, 0.15) is 17.8 Å². The zero-order valence-corrected chi connectivity index (χ0v) is 12.1. The Morgan fingerprint density at radius 1 is 1.32 bits per heavy atom. The predicted molar refractivity (Wildman–Crippen MR) is 76.8 cm³/mol. The van der Waals surface area contributed by atoms with E-state index in [0.717, 1.165) is 5.56 Å². The van der Waals surface area contributed by atoms with Crippen molar-refractivity contribution in [2.45, 2.75) is 36.6 Å². The zero-order chi connectivity index (χ0) is 16.2. The first kappa shape index (κ1) is 16.7. The molecule has 3 N–H and O–H groups in total. The summed E-state index contributed by atoms with van der Waals surface area (Å²) in [5.41, 5.74) is 7.26. The Morgan fingerprint density at radius 2 is 2.00 bits per heavy atom. The minimum atomic E-state index is -1.88. The fourth-order valence-electron chi connectivity index (χ4n) is 2.63. The molecule has 0 bridgehead atoms. The summed E-state index contributed by atoms with van der Waals surface area (Å²) >= 11 is 0. The van der Waals surface area contributed by atoms with E-state index in [9.17, 15) is 15.3 Å². The highest BCUT2D eigenvalue weighted by Crippen LogP contribution is 2.33. The Balaban J connectivity index is 2.29. The maximum absolute atomic E-state index is 10.8. The van der Waals surface area contributed by atoms with Gasteiger partial charge in [-0.1, -0.05) is 35.4 Å². The highest BCUT2D eigenvalue weighted by atomic mass is 16.7. The number of benzene rings is 1. The van der Waals surface area contributed by atoms with Crippen LogP contribution in [0.5, 0.6) is 0 Å². The lowest BCUT2D eigenvalue weighted by atomic mass is 9.79. The third-order valence-electron chi connectivity index (χ3n) is 3.83. The minimum absolute atomic E-state index is 0.00611. The normalized spacial score (nSPS) is 34.9. The number of methoxy groups -OCH3 is 1. The van der Waals surface area contributed by atoms with E-state index in [-0.39, 0.29) is 13.0 Å². The number of rotatable bonds is 5. The predicted octanol–water partition coefficient (Wildman–Crippen LogP) is 0.364. The molecule has 1 aromatic rings. The van der Waals surface area contributed by atoms with Gasteiger partial charge in [0.2, 0.25) is 0 Å². The zero-order valence-electron chi connectivity index (χ0n) is 12.1. The van der Waals surface area contributed by atoms with E-state index >= 15 is 0 Å². The highest BCUT2D eigenvalue weighted by Gasteiger charge is 2.54. The Bertz CT molecular complexity index is 537. The molecule has 120 valence electrons. The molecule has 0 amide bonds. The molecule has 1 fully saturated rings. The molecule has 1 aromatic carbocycles. The average Bonchev–Trinajstić information content (AvgIpc) is 2.53. The van der Waals surface area contributed by atoms with Gasteiger partial charge in [-0.3, -0.25) is 0 Å². The summed E-state index contributed by atoms with van der Waals surface area (Å²) in [6.07, 6.45) is -4.98. The standard InChI is InChI=1S/C14H19N3O5/c1-21-13-12(19)14(20,7-9-5-3-2-4-6-9)11(18)10(22-13)8-16-17-15/h2-6,10-13,18-20H,7-8H2,1H3/t10-,11-,12-,13+,14+/m1/s1. The third kappa shape index (κ3) is 3.22. The second kappa shape index (κ2) is 7.06. The van der Waals surface area contributed by atoms with Crippen molar-refractivity contribution in [1.29, 1.82) is 0 Å². The summed E-state index contributed by atoms with van der Waals surface area (Å²) in [7, 11) is 1.32. The Morgan fingerprint density at radius 3 is 2.59 bits per heavy atom. The summed E-state index contributed by atoms with van der Waals surface area (Å²) in [4.78, 5) is 2.61. The van der Waals surface area contributed by atoms with Gasteiger partial charge in [-0.2, -0.15) is 0 Å². The van der Waals surface area contributed by atoms with E-state index in [1.807, 2.05) is 6.07 Å². The van der Waals surface area contributed by atoms with Crippen LogP contribution in [0.1, 0.15) is 5.56 Å². The molecule has 1 aliphatic heterocycles. The van der Waals surface area contributed by atoms with E-state index in [1.54, 1.807) is 24.3 Å². The van der Waals surface area contributed by atoms with Gasteiger partial charge in [0, 0.05) is 18.4 Å². The maximum Gasteiger partial charge on any atom is 0.186 e. The molecule has 1 saturated heterocycles. The molecule has 22 heavy (non-hydrogen) atoms. The smallest absolute Gasteiger partial charge is 0.186 e. The molecule has 1 aliphatic rings. The number of aliphatic hydroxyl groups excluding tert-OH is 2. The van der Waals surface area contributed by atoms with Crippen molar-refractivity contribution in [3.05, 3.63) is 46.3 Å². The number of nitrogens with zero attached hydrogens (tertiary/aromatic N) is 3. The second-order valence-electron chi connectivity index (χ2n) is 5.24. The summed E-state index contributed by atoms with van der Waals surface area (Å²) in [5.74, 6) is 0. The first-order valence-electron chi connectivity index (χ1n) is 6.84. The highest BCUT2D eigenvalue weighted by molar-refractivity contribution is 5.20. The van der Waals surface area contributed by atoms with Gasteiger partial charge in [-0.05, 0) is 11.1 Å². The first-order chi connectivity index (χ1) is 10.5. The molecule has 0 unspecified atom stereocenters.